The molecule has 1 aromatic rings. The number of amides is 2. The van der Waals surface area contributed by atoms with Crippen LogP contribution in [0, 0.1) is 18.3 Å². The van der Waals surface area contributed by atoms with Crippen molar-refractivity contribution in [1.29, 1.82) is 5.26 Å². The van der Waals surface area contributed by atoms with Crippen LogP contribution in [0.3, 0.4) is 0 Å². The van der Waals surface area contributed by atoms with Crippen LogP contribution in [0.4, 0.5) is 10.5 Å². The Bertz CT molecular complexity index is 508. The summed E-state index contributed by atoms with van der Waals surface area (Å²) in [7, 11) is 0. The van der Waals surface area contributed by atoms with Gasteiger partial charge in [0.25, 0.3) is 0 Å². The van der Waals surface area contributed by atoms with Gasteiger partial charge in [0.05, 0.1) is 11.3 Å². The predicted octanol–water partition coefficient (Wildman–Crippen LogP) is 1.00. The molecule has 2 amide bonds. The topological polar surface area (TPSA) is 111 Å². The lowest BCUT2D eigenvalue weighted by atomic mass is 10.1. The van der Waals surface area contributed by atoms with Crippen LogP contribution in [0.15, 0.2) is 18.2 Å². The fourth-order valence-electron chi connectivity index (χ4n) is 1.23. The largest absolute Gasteiger partial charge is 0.479 e. The maximum Gasteiger partial charge on any atom is 0.343 e. The Morgan fingerprint density at radius 2 is 2.22 bits per heavy atom. The molecule has 0 radical (unpaired) electrons. The number of carbonyl (C=O) groups excluding carboxylic acids is 1. The van der Waals surface area contributed by atoms with E-state index >= 15 is 0 Å². The zero-order valence-electron chi connectivity index (χ0n) is 9.56. The van der Waals surface area contributed by atoms with Gasteiger partial charge in [-0.25, -0.2) is 15.1 Å². The summed E-state index contributed by atoms with van der Waals surface area (Å²) in [5.74, 6) is -1.21. The number of nitrogens with zero attached hydrogens (tertiary/aromatic N) is 1. The summed E-state index contributed by atoms with van der Waals surface area (Å²) in [6.45, 7) is 1.09. The van der Waals surface area contributed by atoms with E-state index in [4.69, 9.17) is 10.4 Å². The molecule has 18 heavy (non-hydrogen) atoms. The second-order valence-electron chi connectivity index (χ2n) is 3.35. The number of benzene rings is 1. The van der Waals surface area contributed by atoms with Gasteiger partial charge in [-0.1, -0.05) is 12.1 Å². The van der Waals surface area contributed by atoms with Crippen molar-refractivity contribution in [3.63, 3.8) is 0 Å². The summed E-state index contributed by atoms with van der Waals surface area (Å²) in [6, 6.07) is 6.20. The molecule has 0 bridgehead atoms. The molecular formula is C11H11N3O4. The number of carboxylic acid groups (broad SMARTS) is 1. The van der Waals surface area contributed by atoms with Gasteiger partial charge in [0.1, 0.15) is 6.07 Å². The third-order valence-electron chi connectivity index (χ3n) is 1.99. The van der Waals surface area contributed by atoms with E-state index in [0.717, 1.165) is 5.56 Å². The van der Waals surface area contributed by atoms with Crippen LogP contribution in [0.1, 0.15) is 11.1 Å². The minimum Gasteiger partial charge on any atom is -0.479 e. The van der Waals surface area contributed by atoms with Crippen LogP contribution < -0.4 is 10.8 Å². The van der Waals surface area contributed by atoms with Crippen molar-refractivity contribution in [1.82, 2.24) is 5.48 Å². The number of rotatable bonds is 4. The molecular weight excluding hydrogens is 238 g/mol. The van der Waals surface area contributed by atoms with Crippen molar-refractivity contribution >= 4 is 17.7 Å². The van der Waals surface area contributed by atoms with Crippen LogP contribution in [0.5, 0.6) is 0 Å². The van der Waals surface area contributed by atoms with E-state index in [2.05, 4.69) is 10.2 Å². The van der Waals surface area contributed by atoms with E-state index in [-0.39, 0.29) is 0 Å². The molecule has 0 aromatic heterocycles. The van der Waals surface area contributed by atoms with E-state index in [0.29, 0.717) is 11.3 Å². The number of hydroxylamine groups is 1. The highest BCUT2D eigenvalue weighted by molar-refractivity contribution is 5.90. The fraction of sp³-hybridized carbons (Fsp3) is 0.182. The SMILES string of the molecule is Cc1cccc(NC(=O)NOCC(=O)O)c1C#N. The van der Waals surface area contributed by atoms with E-state index < -0.39 is 18.6 Å². The molecule has 7 nitrogen and oxygen atoms in total. The Kier molecular flexibility index (Phi) is 4.66. The van der Waals surface area contributed by atoms with Gasteiger partial charge in [-0.15, -0.1) is 0 Å². The quantitative estimate of drug-likeness (QED) is 0.689. The molecule has 0 saturated heterocycles. The number of urea groups is 1. The van der Waals surface area contributed by atoms with Crippen LogP contribution in [-0.2, 0) is 9.63 Å². The smallest absolute Gasteiger partial charge is 0.343 e. The highest BCUT2D eigenvalue weighted by Gasteiger charge is 2.08. The zero-order chi connectivity index (χ0) is 13.5. The Morgan fingerprint density at radius 1 is 1.50 bits per heavy atom. The van der Waals surface area contributed by atoms with Gasteiger partial charge in [0.2, 0.25) is 0 Å². The number of carboxylic acids is 1. The molecule has 0 atom stereocenters. The Hall–Kier alpha value is -2.59. The number of hydrogen-bond acceptors (Lipinski definition) is 4. The van der Waals surface area contributed by atoms with E-state index in [1.807, 2.05) is 11.5 Å². The van der Waals surface area contributed by atoms with Crippen molar-refractivity contribution in [2.75, 3.05) is 11.9 Å². The van der Waals surface area contributed by atoms with E-state index in [1.165, 1.54) is 0 Å². The Labute approximate surface area is 103 Å². The first-order valence-corrected chi connectivity index (χ1v) is 4.95. The second kappa shape index (κ2) is 6.22. The number of anilines is 1. The van der Waals surface area contributed by atoms with Crippen molar-refractivity contribution in [3.8, 4) is 6.07 Å². The Balaban J connectivity index is 2.63. The average Bonchev–Trinajstić information content (AvgIpc) is 2.28. The summed E-state index contributed by atoms with van der Waals surface area (Å²) in [5, 5.41) is 19.6. The number of carbonyl (C=O) groups is 2. The average molecular weight is 249 g/mol. The number of aliphatic carboxylic acids is 1. The molecule has 0 unspecified atom stereocenters. The lowest BCUT2D eigenvalue weighted by molar-refractivity contribution is -0.143. The normalized spacial score (nSPS) is 9.33. The van der Waals surface area contributed by atoms with Gasteiger partial charge >= 0.3 is 12.0 Å². The van der Waals surface area contributed by atoms with E-state index in [9.17, 15) is 9.59 Å². The molecule has 1 aromatic carbocycles. The molecule has 0 saturated carbocycles. The molecule has 7 heteroatoms. The van der Waals surface area contributed by atoms with Crippen molar-refractivity contribution in [2.24, 2.45) is 0 Å². The molecule has 0 fully saturated rings. The molecule has 94 valence electrons. The monoisotopic (exact) mass is 249 g/mol. The van der Waals surface area contributed by atoms with Gasteiger partial charge in [0.15, 0.2) is 6.61 Å². The van der Waals surface area contributed by atoms with E-state index in [1.54, 1.807) is 25.1 Å². The highest BCUT2D eigenvalue weighted by Crippen LogP contribution is 2.17. The molecule has 0 aliphatic carbocycles. The maximum absolute atomic E-state index is 11.3. The van der Waals surface area contributed by atoms with Gasteiger partial charge < -0.3 is 10.4 Å². The minimum absolute atomic E-state index is 0.328. The van der Waals surface area contributed by atoms with Crippen LogP contribution >= 0.6 is 0 Å². The number of nitrogens with one attached hydrogen (secondary N) is 2. The summed E-state index contributed by atoms with van der Waals surface area (Å²) in [6.07, 6.45) is 0. The van der Waals surface area contributed by atoms with Crippen LogP contribution in [0.25, 0.3) is 0 Å². The highest BCUT2D eigenvalue weighted by atomic mass is 16.7. The van der Waals surface area contributed by atoms with Crippen LogP contribution in [-0.4, -0.2) is 23.7 Å². The summed E-state index contributed by atoms with van der Waals surface area (Å²) in [5.41, 5.74) is 3.28. The minimum atomic E-state index is -1.21. The first-order valence-electron chi connectivity index (χ1n) is 4.95. The number of hydrogen-bond donors (Lipinski definition) is 3. The van der Waals surface area contributed by atoms with Gasteiger partial charge in [-0.05, 0) is 18.6 Å². The van der Waals surface area contributed by atoms with Gasteiger partial charge in [-0.2, -0.15) is 5.26 Å². The molecule has 0 spiro atoms. The third-order valence-corrected chi connectivity index (χ3v) is 1.99. The second-order valence-corrected chi connectivity index (χ2v) is 3.35. The summed E-state index contributed by atoms with van der Waals surface area (Å²) in [4.78, 5) is 25.9. The lowest BCUT2D eigenvalue weighted by Crippen LogP contribution is -2.31. The molecule has 0 aliphatic heterocycles. The Morgan fingerprint density at radius 3 is 2.83 bits per heavy atom. The molecule has 3 N–H and O–H groups in total. The summed E-state index contributed by atoms with van der Waals surface area (Å²) >= 11 is 0. The predicted molar refractivity (Wildman–Crippen MR) is 61.6 cm³/mol. The molecule has 0 heterocycles. The first-order chi connectivity index (χ1) is 8.54. The van der Waals surface area contributed by atoms with Gasteiger partial charge in [0, 0.05) is 0 Å². The zero-order valence-corrected chi connectivity index (χ0v) is 9.56. The first kappa shape index (κ1) is 13.5. The van der Waals surface area contributed by atoms with Crippen molar-refractivity contribution in [3.05, 3.63) is 29.3 Å². The standard InChI is InChI=1S/C11H11N3O4/c1-7-3-2-4-9(8(7)5-12)13-11(17)14-18-6-10(15)16/h2-4H,6H2,1H3,(H,15,16)(H2,13,14,17). The van der Waals surface area contributed by atoms with Crippen LogP contribution in [0.2, 0.25) is 0 Å². The number of nitriles is 1. The fourth-order valence-corrected chi connectivity index (χ4v) is 1.23. The lowest BCUT2D eigenvalue weighted by Gasteiger charge is -2.09. The van der Waals surface area contributed by atoms with Crippen molar-refractivity contribution < 1.29 is 19.5 Å². The molecule has 1 rings (SSSR count). The third kappa shape index (κ3) is 3.77. The van der Waals surface area contributed by atoms with Gasteiger partial charge in [-0.3, -0.25) is 4.84 Å². The summed E-state index contributed by atoms with van der Waals surface area (Å²) < 4.78 is 0. The maximum atomic E-state index is 11.3. The van der Waals surface area contributed by atoms with Crippen molar-refractivity contribution in [2.45, 2.75) is 6.92 Å². The molecule has 0 aliphatic rings. The number of aryl methyl sites for hydroxylation is 1.